The molecule has 0 aromatic carbocycles. The molecule has 0 bridgehead atoms. The topological polar surface area (TPSA) is 43.4 Å². The van der Waals surface area contributed by atoms with Gasteiger partial charge in [0.05, 0.1) is 19.1 Å². The summed E-state index contributed by atoms with van der Waals surface area (Å²) in [6.45, 7) is 8.46. The van der Waals surface area contributed by atoms with Gasteiger partial charge in [-0.1, -0.05) is 0 Å². The molecule has 0 saturated heterocycles. The summed E-state index contributed by atoms with van der Waals surface area (Å²) in [5, 5.41) is 0. The van der Waals surface area contributed by atoms with E-state index in [1.807, 2.05) is 13.8 Å². The Morgan fingerprint density at radius 1 is 1.17 bits per heavy atom. The summed E-state index contributed by atoms with van der Waals surface area (Å²) >= 11 is 0. The van der Waals surface area contributed by atoms with Gasteiger partial charge in [0.25, 0.3) is 0 Å². The zero-order chi connectivity index (χ0) is 9.99. The van der Waals surface area contributed by atoms with Crippen LogP contribution in [0.3, 0.4) is 0 Å². The number of hydrogen-bond acceptors (Lipinski definition) is 3. The number of rotatable bonds is 4. The lowest BCUT2D eigenvalue weighted by Crippen LogP contribution is -2.02. The highest BCUT2D eigenvalue weighted by Gasteiger charge is 2.24. The van der Waals surface area contributed by atoms with Crippen molar-refractivity contribution in [1.29, 1.82) is 0 Å². The van der Waals surface area contributed by atoms with Gasteiger partial charge in [0.15, 0.2) is 0 Å². The molecule has 0 aromatic rings. The Kier molecular flexibility index (Phi) is 4.23. The Hall–Kier alpha value is 0.420. The third-order valence-corrected chi connectivity index (χ3v) is 6.68. The second-order valence-electron chi connectivity index (χ2n) is 3.88. The van der Waals surface area contributed by atoms with Crippen LogP contribution in [-0.2, 0) is 13.7 Å². The summed E-state index contributed by atoms with van der Waals surface area (Å²) in [7, 11) is -4.86. The van der Waals surface area contributed by atoms with E-state index in [0.717, 1.165) is 0 Å². The molecule has 0 rings (SSSR count). The van der Waals surface area contributed by atoms with Crippen molar-refractivity contribution in [3.63, 3.8) is 0 Å². The maximum absolute atomic E-state index is 11.6. The maximum atomic E-state index is 11.6. The molecular formula is C7H18O3P2. The van der Waals surface area contributed by atoms with Gasteiger partial charge in [-0.05, 0) is 27.2 Å². The average molecular weight is 212 g/mol. The summed E-state index contributed by atoms with van der Waals surface area (Å²) in [4.78, 5) is 0. The van der Waals surface area contributed by atoms with E-state index in [1.165, 1.54) is 0 Å². The minimum atomic E-state index is -2.63. The predicted octanol–water partition coefficient (Wildman–Crippen LogP) is 2.90. The molecule has 0 aliphatic rings. The summed E-state index contributed by atoms with van der Waals surface area (Å²) in [6, 6.07) is 0. The molecule has 0 aliphatic carbocycles. The standard InChI is InChI=1S/C7H18O3P2/c1-7(2)10-12(5,9)6-11(3,4)8/h7H,6H2,1-5H3. The van der Waals surface area contributed by atoms with Crippen LogP contribution in [0, 0.1) is 0 Å². The summed E-state index contributed by atoms with van der Waals surface area (Å²) in [5.41, 5.74) is 0. The average Bonchev–Trinajstić information content (AvgIpc) is 1.48. The number of hydrogen-bond donors (Lipinski definition) is 0. The van der Waals surface area contributed by atoms with E-state index in [1.54, 1.807) is 20.0 Å². The van der Waals surface area contributed by atoms with E-state index in [9.17, 15) is 9.13 Å². The predicted molar refractivity (Wildman–Crippen MR) is 54.1 cm³/mol. The molecular weight excluding hydrogens is 194 g/mol. The Morgan fingerprint density at radius 2 is 1.58 bits per heavy atom. The van der Waals surface area contributed by atoms with Crippen LogP contribution in [0.25, 0.3) is 0 Å². The molecule has 1 unspecified atom stereocenters. The van der Waals surface area contributed by atoms with Crippen LogP contribution < -0.4 is 0 Å². The second-order valence-corrected chi connectivity index (χ2v) is 10.4. The molecule has 0 aromatic heterocycles. The minimum Gasteiger partial charge on any atom is -0.326 e. The molecule has 0 saturated carbocycles. The molecule has 0 N–H and O–H groups in total. The maximum Gasteiger partial charge on any atom is 0.207 e. The van der Waals surface area contributed by atoms with Gasteiger partial charge in [-0.2, -0.15) is 0 Å². The third-order valence-electron chi connectivity index (χ3n) is 1.03. The van der Waals surface area contributed by atoms with Gasteiger partial charge in [0, 0.05) is 6.66 Å². The van der Waals surface area contributed by atoms with Gasteiger partial charge in [0.1, 0.15) is 0 Å². The van der Waals surface area contributed by atoms with Crippen LogP contribution in [0.1, 0.15) is 13.8 Å². The van der Waals surface area contributed by atoms with Crippen molar-refractivity contribution >= 4 is 14.5 Å². The zero-order valence-corrected chi connectivity index (χ0v) is 10.2. The fraction of sp³-hybridized carbons (Fsp3) is 1.00. The van der Waals surface area contributed by atoms with E-state index in [0.29, 0.717) is 0 Å². The van der Waals surface area contributed by atoms with Crippen LogP contribution in [0.15, 0.2) is 0 Å². The normalized spacial score (nSPS) is 17.8. The van der Waals surface area contributed by atoms with E-state index >= 15 is 0 Å². The Bertz CT molecular complexity index is 229. The highest BCUT2D eigenvalue weighted by Crippen LogP contribution is 2.56. The SMILES string of the molecule is CC(C)OP(C)(=O)CP(C)(C)=O. The molecule has 5 heteroatoms. The van der Waals surface area contributed by atoms with Gasteiger partial charge >= 0.3 is 0 Å². The molecule has 0 amide bonds. The van der Waals surface area contributed by atoms with Gasteiger partial charge in [-0.3, -0.25) is 4.57 Å². The van der Waals surface area contributed by atoms with Crippen LogP contribution in [0.5, 0.6) is 0 Å². The molecule has 0 heterocycles. The van der Waals surface area contributed by atoms with Crippen molar-refractivity contribution in [1.82, 2.24) is 0 Å². The lowest BCUT2D eigenvalue weighted by Gasteiger charge is -2.18. The first-order chi connectivity index (χ1) is 5.12. The van der Waals surface area contributed by atoms with Crippen LogP contribution in [0.2, 0.25) is 0 Å². The molecule has 0 radical (unpaired) electrons. The minimum absolute atomic E-state index is 0.0626. The van der Waals surface area contributed by atoms with Crippen molar-refractivity contribution in [2.24, 2.45) is 0 Å². The van der Waals surface area contributed by atoms with Gasteiger partial charge in [0.2, 0.25) is 7.37 Å². The van der Waals surface area contributed by atoms with Crippen molar-refractivity contribution in [2.45, 2.75) is 20.0 Å². The van der Waals surface area contributed by atoms with Crippen LogP contribution in [0.4, 0.5) is 0 Å². The van der Waals surface area contributed by atoms with Crippen LogP contribution in [-0.4, -0.2) is 32.0 Å². The Morgan fingerprint density at radius 3 is 1.83 bits per heavy atom. The molecule has 0 spiro atoms. The van der Waals surface area contributed by atoms with Crippen molar-refractivity contribution in [3.05, 3.63) is 0 Å². The highest BCUT2D eigenvalue weighted by atomic mass is 31.2. The molecule has 74 valence electrons. The fourth-order valence-corrected chi connectivity index (χ4v) is 7.21. The monoisotopic (exact) mass is 212 g/mol. The van der Waals surface area contributed by atoms with Gasteiger partial charge in [-0.25, -0.2) is 0 Å². The summed E-state index contributed by atoms with van der Waals surface area (Å²) in [6.07, 6.45) is -0.0626. The van der Waals surface area contributed by atoms with E-state index in [4.69, 9.17) is 4.52 Å². The second kappa shape index (κ2) is 4.09. The van der Waals surface area contributed by atoms with E-state index in [-0.39, 0.29) is 12.0 Å². The molecule has 0 fully saturated rings. The van der Waals surface area contributed by atoms with Crippen molar-refractivity contribution in [2.75, 3.05) is 25.9 Å². The van der Waals surface area contributed by atoms with E-state index in [2.05, 4.69) is 0 Å². The van der Waals surface area contributed by atoms with Crippen molar-refractivity contribution in [3.8, 4) is 0 Å². The molecule has 12 heavy (non-hydrogen) atoms. The third kappa shape index (κ3) is 7.09. The highest BCUT2D eigenvalue weighted by molar-refractivity contribution is 7.77. The smallest absolute Gasteiger partial charge is 0.207 e. The van der Waals surface area contributed by atoms with Gasteiger partial charge < -0.3 is 9.09 Å². The van der Waals surface area contributed by atoms with E-state index < -0.39 is 14.5 Å². The lowest BCUT2D eigenvalue weighted by molar-refractivity contribution is 0.248. The Balaban J connectivity index is 4.25. The van der Waals surface area contributed by atoms with Gasteiger partial charge in [-0.15, -0.1) is 0 Å². The molecule has 3 nitrogen and oxygen atoms in total. The zero-order valence-electron chi connectivity index (χ0n) is 8.40. The first kappa shape index (κ1) is 12.4. The first-order valence-corrected chi connectivity index (χ1v) is 8.96. The quantitative estimate of drug-likeness (QED) is 0.673. The molecule has 1 atom stereocenters. The molecule has 0 aliphatic heterocycles. The first-order valence-electron chi connectivity index (χ1n) is 3.91. The van der Waals surface area contributed by atoms with Crippen LogP contribution >= 0.6 is 14.5 Å². The Labute approximate surface area is 74.7 Å². The van der Waals surface area contributed by atoms with Crippen molar-refractivity contribution < 1.29 is 13.7 Å². The lowest BCUT2D eigenvalue weighted by atomic mass is 10.5. The largest absolute Gasteiger partial charge is 0.326 e. The fourth-order valence-electron chi connectivity index (χ4n) is 1.10. The summed E-state index contributed by atoms with van der Waals surface area (Å²) < 4.78 is 28.2. The summed E-state index contributed by atoms with van der Waals surface area (Å²) in [5.74, 6) is 0.207.